The lowest BCUT2D eigenvalue weighted by atomic mass is 10.1. The molecule has 0 aromatic heterocycles. The summed E-state index contributed by atoms with van der Waals surface area (Å²) in [6.07, 6.45) is 0.898. The maximum absolute atomic E-state index is 13.9. The van der Waals surface area contributed by atoms with E-state index in [0.717, 1.165) is 10.4 Å². The van der Waals surface area contributed by atoms with Crippen molar-refractivity contribution >= 4 is 33.2 Å². The molecule has 1 N–H and O–H groups in total. The fraction of sp³-hybridized carbons (Fsp3) is 0.286. The van der Waals surface area contributed by atoms with Gasteiger partial charge in [-0.3, -0.25) is 24.0 Å². The summed E-state index contributed by atoms with van der Waals surface area (Å²) in [4.78, 5) is 38.9. The van der Waals surface area contributed by atoms with Crippen molar-refractivity contribution in [1.29, 1.82) is 0 Å². The molecule has 0 aliphatic rings. The van der Waals surface area contributed by atoms with Gasteiger partial charge in [0.25, 0.3) is 15.7 Å². The standard InChI is InChI=1S/C28H31FN4O6S/c1-3-17-30-28(35)26(4-2)31(19-21-13-15-22(29)16-14-21)27(34)20-32(23-9-8-10-24(18-23)33(36)37)40(38,39)25-11-6-5-7-12-25/h5-16,18,26H,3-4,17,19-20H2,1-2H3,(H,30,35)/t26-/m1/s1. The number of carbonyl (C=O) groups is 2. The van der Waals surface area contributed by atoms with Gasteiger partial charge in [0.15, 0.2) is 0 Å². The third-order valence-electron chi connectivity index (χ3n) is 6.14. The molecular formula is C28H31FN4O6S. The lowest BCUT2D eigenvalue weighted by Crippen LogP contribution is -2.52. The topological polar surface area (TPSA) is 130 Å². The van der Waals surface area contributed by atoms with Crippen LogP contribution in [0.4, 0.5) is 15.8 Å². The lowest BCUT2D eigenvalue weighted by Gasteiger charge is -2.33. The average molecular weight is 571 g/mol. The Morgan fingerprint density at radius 1 is 1.00 bits per heavy atom. The first-order valence-corrected chi connectivity index (χ1v) is 14.2. The van der Waals surface area contributed by atoms with Crippen molar-refractivity contribution in [3.8, 4) is 0 Å². The molecule has 0 fully saturated rings. The van der Waals surface area contributed by atoms with Crippen molar-refractivity contribution in [1.82, 2.24) is 10.2 Å². The van der Waals surface area contributed by atoms with Crippen molar-refractivity contribution < 1.29 is 27.3 Å². The maximum Gasteiger partial charge on any atom is 0.271 e. The molecule has 40 heavy (non-hydrogen) atoms. The number of halogens is 1. The van der Waals surface area contributed by atoms with E-state index in [2.05, 4.69) is 5.32 Å². The fourth-order valence-electron chi connectivity index (χ4n) is 4.08. The molecule has 2 amide bonds. The zero-order chi connectivity index (χ0) is 29.3. The predicted octanol–water partition coefficient (Wildman–Crippen LogP) is 4.26. The third-order valence-corrected chi connectivity index (χ3v) is 7.93. The van der Waals surface area contributed by atoms with E-state index in [1.54, 1.807) is 13.0 Å². The van der Waals surface area contributed by atoms with Gasteiger partial charge in [0.2, 0.25) is 11.8 Å². The highest BCUT2D eigenvalue weighted by atomic mass is 32.2. The molecule has 0 saturated carbocycles. The lowest BCUT2D eigenvalue weighted by molar-refractivity contribution is -0.384. The largest absolute Gasteiger partial charge is 0.354 e. The molecule has 0 aliphatic carbocycles. The first-order valence-electron chi connectivity index (χ1n) is 12.7. The molecule has 12 heteroatoms. The summed E-state index contributed by atoms with van der Waals surface area (Å²) in [7, 11) is -4.36. The summed E-state index contributed by atoms with van der Waals surface area (Å²) in [6, 6.07) is 16.8. The molecule has 0 bridgehead atoms. The Bertz CT molecular complexity index is 1430. The second-order valence-electron chi connectivity index (χ2n) is 8.96. The van der Waals surface area contributed by atoms with Crippen LogP contribution in [0.5, 0.6) is 0 Å². The van der Waals surface area contributed by atoms with E-state index in [0.29, 0.717) is 18.5 Å². The number of benzene rings is 3. The van der Waals surface area contributed by atoms with Gasteiger partial charge in [-0.15, -0.1) is 0 Å². The second kappa shape index (κ2) is 13.7. The number of nitrogens with zero attached hydrogens (tertiary/aromatic N) is 3. The molecule has 0 unspecified atom stereocenters. The quantitative estimate of drug-likeness (QED) is 0.241. The van der Waals surface area contributed by atoms with Crippen LogP contribution in [0, 0.1) is 15.9 Å². The van der Waals surface area contributed by atoms with E-state index in [9.17, 15) is 32.5 Å². The molecule has 0 heterocycles. The van der Waals surface area contributed by atoms with Crippen molar-refractivity contribution in [3.63, 3.8) is 0 Å². The Kier molecular flexibility index (Phi) is 10.3. The van der Waals surface area contributed by atoms with Gasteiger partial charge in [0, 0.05) is 25.2 Å². The number of non-ortho nitro benzene ring substituents is 1. The molecule has 3 aromatic carbocycles. The molecular weight excluding hydrogens is 539 g/mol. The van der Waals surface area contributed by atoms with E-state index in [4.69, 9.17) is 0 Å². The minimum absolute atomic E-state index is 0.0865. The molecule has 0 spiro atoms. The number of hydrogen-bond donors (Lipinski definition) is 1. The molecule has 1 atom stereocenters. The summed E-state index contributed by atoms with van der Waals surface area (Å²) in [5.74, 6) is -1.60. The van der Waals surface area contributed by atoms with Gasteiger partial charge in [-0.05, 0) is 48.7 Å². The van der Waals surface area contributed by atoms with Crippen LogP contribution in [0.15, 0.2) is 83.8 Å². The summed E-state index contributed by atoms with van der Waals surface area (Å²) < 4.78 is 41.8. The van der Waals surface area contributed by atoms with Crippen molar-refractivity contribution in [3.05, 3.63) is 100 Å². The number of rotatable bonds is 13. The zero-order valence-electron chi connectivity index (χ0n) is 22.2. The van der Waals surface area contributed by atoms with Gasteiger partial charge in [-0.25, -0.2) is 12.8 Å². The average Bonchev–Trinajstić information content (AvgIpc) is 2.96. The van der Waals surface area contributed by atoms with E-state index < -0.39 is 45.2 Å². The van der Waals surface area contributed by atoms with Crippen LogP contribution in [0.3, 0.4) is 0 Å². The number of hydrogen-bond acceptors (Lipinski definition) is 6. The Hall–Kier alpha value is -4.32. The Balaban J connectivity index is 2.07. The third kappa shape index (κ3) is 7.41. The van der Waals surface area contributed by atoms with Crippen LogP contribution in [0.1, 0.15) is 32.3 Å². The Labute approximate surface area is 232 Å². The van der Waals surface area contributed by atoms with Gasteiger partial charge in [0.05, 0.1) is 15.5 Å². The minimum Gasteiger partial charge on any atom is -0.354 e. The van der Waals surface area contributed by atoms with Gasteiger partial charge >= 0.3 is 0 Å². The van der Waals surface area contributed by atoms with Crippen molar-refractivity contribution in [2.45, 2.75) is 44.2 Å². The van der Waals surface area contributed by atoms with Crippen LogP contribution in [0.25, 0.3) is 0 Å². The van der Waals surface area contributed by atoms with E-state index in [-0.39, 0.29) is 29.2 Å². The van der Waals surface area contributed by atoms with E-state index in [1.807, 2.05) is 6.92 Å². The smallest absolute Gasteiger partial charge is 0.271 e. The monoisotopic (exact) mass is 570 g/mol. The molecule has 0 saturated heterocycles. The van der Waals surface area contributed by atoms with Gasteiger partial charge in [-0.1, -0.05) is 50.2 Å². The van der Waals surface area contributed by atoms with Gasteiger partial charge in [0.1, 0.15) is 18.4 Å². The normalized spacial score (nSPS) is 11.9. The molecule has 3 aromatic rings. The second-order valence-corrected chi connectivity index (χ2v) is 10.8. The highest BCUT2D eigenvalue weighted by Gasteiger charge is 2.34. The summed E-state index contributed by atoms with van der Waals surface area (Å²) >= 11 is 0. The van der Waals surface area contributed by atoms with Crippen LogP contribution < -0.4 is 9.62 Å². The number of nitro benzene ring substituents is 1. The SMILES string of the molecule is CCCNC(=O)[C@@H](CC)N(Cc1ccc(F)cc1)C(=O)CN(c1cccc([N+](=O)[O-])c1)S(=O)(=O)c1ccccc1. The predicted molar refractivity (Wildman–Crippen MR) is 148 cm³/mol. The zero-order valence-corrected chi connectivity index (χ0v) is 23.0. The van der Waals surface area contributed by atoms with Crippen LogP contribution in [-0.4, -0.2) is 49.2 Å². The summed E-state index contributed by atoms with van der Waals surface area (Å²) in [5.41, 5.74) is 0.0904. The molecule has 3 rings (SSSR count). The van der Waals surface area contributed by atoms with Gasteiger partial charge < -0.3 is 10.2 Å². The minimum atomic E-state index is -4.36. The van der Waals surface area contributed by atoms with Crippen LogP contribution in [0.2, 0.25) is 0 Å². The first kappa shape index (κ1) is 30.2. The number of nitrogens with one attached hydrogen (secondary N) is 1. The maximum atomic E-state index is 13.9. The number of carbonyl (C=O) groups excluding carboxylic acids is 2. The van der Waals surface area contributed by atoms with Crippen molar-refractivity contribution in [2.24, 2.45) is 0 Å². The summed E-state index contributed by atoms with van der Waals surface area (Å²) in [6.45, 7) is 3.16. The number of anilines is 1. The molecule has 0 radical (unpaired) electrons. The Morgan fingerprint density at radius 3 is 2.27 bits per heavy atom. The van der Waals surface area contributed by atoms with Crippen LogP contribution in [-0.2, 0) is 26.2 Å². The highest BCUT2D eigenvalue weighted by Crippen LogP contribution is 2.27. The fourth-order valence-corrected chi connectivity index (χ4v) is 5.51. The van der Waals surface area contributed by atoms with Crippen LogP contribution >= 0.6 is 0 Å². The molecule has 0 aliphatic heterocycles. The number of amides is 2. The molecule has 212 valence electrons. The molecule has 10 nitrogen and oxygen atoms in total. The highest BCUT2D eigenvalue weighted by molar-refractivity contribution is 7.92. The van der Waals surface area contributed by atoms with Crippen molar-refractivity contribution in [2.75, 3.05) is 17.4 Å². The first-order chi connectivity index (χ1) is 19.1. The Morgan fingerprint density at radius 2 is 1.68 bits per heavy atom. The summed E-state index contributed by atoms with van der Waals surface area (Å²) in [5, 5.41) is 14.2. The van der Waals surface area contributed by atoms with E-state index >= 15 is 0 Å². The number of sulfonamides is 1. The van der Waals surface area contributed by atoms with Gasteiger partial charge in [-0.2, -0.15) is 0 Å². The number of nitro groups is 1. The van der Waals surface area contributed by atoms with E-state index in [1.165, 1.54) is 71.6 Å².